The molecule has 0 unspecified atom stereocenters. The lowest BCUT2D eigenvalue weighted by molar-refractivity contribution is -0.384. The summed E-state index contributed by atoms with van der Waals surface area (Å²) in [4.78, 5) is 20.3. The maximum Gasteiger partial charge on any atom is 0.501 e. The van der Waals surface area contributed by atoms with Gasteiger partial charge in [-0.05, 0) is 23.8 Å². The summed E-state index contributed by atoms with van der Waals surface area (Å²) in [5, 5.41) is 19.9. The van der Waals surface area contributed by atoms with E-state index in [9.17, 15) is 41.6 Å². The minimum absolute atomic E-state index is 0.0233. The van der Waals surface area contributed by atoms with E-state index >= 15 is 0 Å². The zero-order chi connectivity index (χ0) is 20.4. The molecule has 0 aliphatic rings. The van der Waals surface area contributed by atoms with Gasteiger partial charge in [0.2, 0.25) is 0 Å². The number of carboxylic acid groups (broad SMARTS) is 1. The van der Waals surface area contributed by atoms with Crippen LogP contribution in [-0.2, 0) is 15.6 Å². The first kappa shape index (κ1) is 20.7. The molecule has 1 N–H and O–H groups in total. The molecule has 0 heterocycles. The zero-order valence-corrected chi connectivity index (χ0v) is 14.8. The van der Waals surface area contributed by atoms with Crippen molar-refractivity contribution in [1.29, 1.82) is 0 Å². The van der Waals surface area contributed by atoms with Crippen LogP contribution in [0.1, 0.15) is 15.9 Å². The van der Waals surface area contributed by atoms with Crippen LogP contribution in [0.5, 0.6) is 0 Å². The highest BCUT2D eigenvalue weighted by molar-refractivity contribution is 7.98. The molecular weight excluding hydrogens is 411 g/mol. The molecule has 144 valence electrons. The maximum absolute atomic E-state index is 12.6. The highest BCUT2D eigenvalue weighted by atomic mass is 32.2. The van der Waals surface area contributed by atoms with Crippen molar-refractivity contribution >= 4 is 33.3 Å². The van der Waals surface area contributed by atoms with Gasteiger partial charge < -0.3 is 5.11 Å². The second-order valence-electron chi connectivity index (χ2n) is 5.13. The fraction of sp³-hybridized carbons (Fsp3) is 0.133. The van der Waals surface area contributed by atoms with E-state index in [4.69, 9.17) is 0 Å². The van der Waals surface area contributed by atoms with Crippen molar-refractivity contribution in [2.24, 2.45) is 0 Å². The van der Waals surface area contributed by atoms with Crippen LogP contribution in [0.15, 0.2) is 52.3 Å². The average Bonchev–Trinajstić information content (AvgIpc) is 2.58. The molecule has 7 nitrogen and oxygen atoms in total. The number of carbonyl (C=O) groups is 1. The van der Waals surface area contributed by atoms with Crippen LogP contribution in [0.4, 0.5) is 18.9 Å². The number of alkyl halides is 3. The van der Waals surface area contributed by atoms with E-state index in [0.717, 1.165) is 17.8 Å². The van der Waals surface area contributed by atoms with Gasteiger partial charge in [-0.25, -0.2) is 13.2 Å². The number of non-ortho nitro benzene ring substituents is 1. The van der Waals surface area contributed by atoms with Gasteiger partial charge in [0.05, 0.1) is 15.4 Å². The summed E-state index contributed by atoms with van der Waals surface area (Å²) >= 11 is 0.896. The SMILES string of the molecule is O=C(O)c1cc(S(=O)(=O)C(F)(F)F)ccc1SCc1cccc([N+](=O)[O-])c1. The first-order chi connectivity index (χ1) is 12.4. The largest absolute Gasteiger partial charge is 0.501 e. The highest BCUT2D eigenvalue weighted by Crippen LogP contribution is 2.34. The number of aromatic carboxylic acids is 1. The number of hydrogen-bond acceptors (Lipinski definition) is 6. The van der Waals surface area contributed by atoms with Crippen LogP contribution in [-0.4, -0.2) is 29.9 Å². The molecule has 0 radical (unpaired) electrons. The Morgan fingerprint density at radius 3 is 2.41 bits per heavy atom. The van der Waals surface area contributed by atoms with Gasteiger partial charge in [0.15, 0.2) is 0 Å². The smallest absolute Gasteiger partial charge is 0.478 e. The minimum Gasteiger partial charge on any atom is -0.478 e. The molecule has 2 aromatic rings. The molecule has 0 saturated heterocycles. The van der Waals surface area contributed by atoms with Crippen molar-refractivity contribution in [2.75, 3.05) is 0 Å². The molecule has 12 heteroatoms. The molecule has 27 heavy (non-hydrogen) atoms. The van der Waals surface area contributed by atoms with Gasteiger partial charge >= 0.3 is 11.5 Å². The Balaban J connectivity index is 2.34. The van der Waals surface area contributed by atoms with Gasteiger partial charge in [-0.2, -0.15) is 13.2 Å². The summed E-state index contributed by atoms with van der Waals surface area (Å²) in [5.41, 5.74) is -5.85. The predicted octanol–water partition coefficient (Wildman–Crippen LogP) is 3.88. The topological polar surface area (TPSA) is 115 Å². The molecule has 0 atom stereocenters. The van der Waals surface area contributed by atoms with Gasteiger partial charge in [-0.15, -0.1) is 11.8 Å². The standard InChI is InChI=1S/C15H10F3NO6S2/c16-15(17,18)27(24,25)11-4-5-13(12(7-11)14(20)21)26-8-9-2-1-3-10(6-9)19(22)23/h1-7H,8H2,(H,20,21). The van der Waals surface area contributed by atoms with E-state index < -0.39 is 36.7 Å². The Morgan fingerprint density at radius 1 is 1.19 bits per heavy atom. The second-order valence-corrected chi connectivity index (χ2v) is 8.09. The van der Waals surface area contributed by atoms with Crippen molar-refractivity contribution in [3.8, 4) is 0 Å². The van der Waals surface area contributed by atoms with Crippen molar-refractivity contribution in [2.45, 2.75) is 21.1 Å². The van der Waals surface area contributed by atoms with Gasteiger partial charge in [0.1, 0.15) is 0 Å². The maximum atomic E-state index is 12.6. The molecule has 0 fully saturated rings. The number of sulfone groups is 1. The number of nitrogens with zero attached hydrogens (tertiary/aromatic N) is 1. The molecule has 0 aliphatic carbocycles. The molecular formula is C15H10F3NO6S2. The molecule has 0 aliphatic heterocycles. The van der Waals surface area contributed by atoms with Crippen molar-refractivity contribution in [1.82, 2.24) is 0 Å². The molecule has 0 aromatic heterocycles. The number of thioether (sulfide) groups is 1. The summed E-state index contributed by atoms with van der Waals surface area (Å²) in [6.07, 6.45) is 0. The van der Waals surface area contributed by atoms with Crippen LogP contribution >= 0.6 is 11.8 Å². The Bertz CT molecular complexity index is 1000. The first-order valence-corrected chi connectivity index (χ1v) is 9.45. The number of benzene rings is 2. The summed E-state index contributed by atoms with van der Waals surface area (Å²) in [7, 11) is -5.68. The lowest BCUT2D eigenvalue weighted by Gasteiger charge is -2.11. The van der Waals surface area contributed by atoms with Crippen LogP contribution in [0, 0.1) is 10.1 Å². The van der Waals surface area contributed by atoms with E-state index in [1.165, 1.54) is 18.2 Å². The Morgan fingerprint density at radius 2 is 1.85 bits per heavy atom. The summed E-state index contributed by atoms with van der Waals surface area (Å²) in [6, 6.07) is 7.62. The number of hydrogen-bond donors (Lipinski definition) is 1. The number of carboxylic acids is 1. The van der Waals surface area contributed by atoms with Crippen LogP contribution in [0.2, 0.25) is 0 Å². The van der Waals surface area contributed by atoms with Crippen LogP contribution in [0.3, 0.4) is 0 Å². The fourth-order valence-electron chi connectivity index (χ4n) is 2.02. The van der Waals surface area contributed by atoms with Crippen molar-refractivity contribution in [3.63, 3.8) is 0 Å². The summed E-state index contributed by atoms with van der Waals surface area (Å²) < 4.78 is 60.8. The predicted molar refractivity (Wildman–Crippen MR) is 89.3 cm³/mol. The summed E-state index contributed by atoms with van der Waals surface area (Å²) in [5.74, 6) is -1.51. The minimum atomic E-state index is -5.68. The molecule has 2 aromatic carbocycles. The van der Waals surface area contributed by atoms with Gasteiger partial charge in [0, 0.05) is 22.8 Å². The Labute approximate surface area is 154 Å². The van der Waals surface area contributed by atoms with E-state index in [1.807, 2.05) is 0 Å². The normalized spacial score (nSPS) is 12.0. The second kappa shape index (κ2) is 7.56. The quantitative estimate of drug-likeness (QED) is 0.428. The number of nitro groups is 1. The molecule has 0 amide bonds. The number of rotatable bonds is 6. The van der Waals surface area contributed by atoms with E-state index in [-0.39, 0.29) is 16.3 Å². The van der Waals surface area contributed by atoms with Crippen LogP contribution < -0.4 is 0 Å². The highest BCUT2D eigenvalue weighted by Gasteiger charge is 2.47. The fourth-order valence-corrected chi connectivity index (χ4v) is 3.78. The number of halogens is 3. The Hall–Kier alpha value is -2.60. The zero-order valence-electron chi connectivity index (χ0n) is 13.1. The monoisotopic (exact) mass is 421 g/mol. The lowest BCUT2D eigenvalue weighted by atomic mass is 10.2. The summed E-state index contributed by atoms with van der Waals surface area (Å²) in [6.45, 7) is 0. The first-order valence-electron chi connectivity index (χ1n) is 6.98. The lowest BCUT2D eigenvalue weighted by Crippen LogP contribution is -2.23. The Kier molecular flexibility index (Phi) is 5.80. The van der Waals surface area contributed by atoms with Crippen molar-refractivity contribution in [3.05, 3.63) is 63.7 Å². The average molecular weight is 421 g/mol. The molecule has 0 saturated carbocycles. The van der Waals surface area contributed by atoms with E-state index in [1.54, 1.807) is 6.07 Å². The number of nitro benzene ring substituents is 1. The molecule has 0 spiro atoms. The van der Waals surface area contributed by atoms with E-state index in [0.29, 0.717) is 17.7 Å². The van der Waals surface area contributed by atoms with Gasteiger partial charge in [0.25, 0.3) is 15.5 Å². The molecule has 0 bridgehead atoms. The third-order valence-corrected chi connectivity index (χ3v) is 5.94. The van der Waals surface area contributed by atoms with Gasteiger partial charge in [-0.3, -0.25) is 10.1 Å². The van der Waals surface area contributed by atoms with Crippen molar-refractivity contribution < 1.29 is 36.4 Å². The third kappa shape index (κ3) is 4.57. The van der Waals surface area contributed by atoms with Crippen LogP contribution in [0.25, 0.3) is 0 Å². The molecule has 2 rings (SSSR count). The third-order valence-electron chi connectivity index (χ3n) is 3.31. The van der Waals surface area contributed by atoms with E-state index in [2.05, 4.69) is 0 Å². The van der Waals surface area contributed by atoms with Gasteiger partial charge in [-0.1, -0.05) is 12.1 Å².